The number of aliphatic imine (C=N–C) groups is 1. The molecule has 0 atom stereocenters. The Bertz CT molecular complexity index is 1780. The molecule has 2 aliphatic rings. The van der Waals surface area contributed by atoms with Crippen LogP contribution in [0.5, 0.6) is 5.75 Å². The number of nitrogens with zero attached hydrogens (tertiary/aromatic N) is 4. The van der Waals surface area contributed by atoms with Gasteiger partial charge in [0.25, 0.3) is 5.91 Å². The largest absolute Gasteiger partial charge is 0.496 e. The van der Waals surface area contributed by atoms with E-state index >= 15 is 0 Å². The molecule has 0 unspecified atom stereocenters. The van der Waals surface area contributed by atoms with Crippen LogP contribution >= 0.6 is 0 Å². The minimum atomic E-state index is -0.466. The van der Waals surface area contributed by atoms with Crippen LogP contribution in [0.4, 0.5) is 21.9 Å². The van der Waals surface area contributed by atoms with E-state index in [1.54, 1.807) is 59.6 Å². The molecule has 3 heterocycles. The SMILES string of the molecule is CCCN(CCC)C(=O)C1=Cc2cc(OC)c(C(=O)Nc3cnc4c(c3)CN(C(=O)OCc3ccc(NC=O)cc3)CC4)cc2N=C(N)C1. The Morgan fingerprint density at radius 1 is 1.06 bits per heavy atom. The van der Waals surface area contributed by atoms with E-state index in [1.165, 1.54) is 7.11 Å². The molecular formula is C36H41N7O6. The summed E-state index contributed by atoms with van der Waals surface area (Å²) in [7, 11) is 1.47. The van der Waals surface area contributed by atoms with Gasteiger partial charge in [-0.3, -0.25) is 19.4 Å². The van der Waals surface area contributed by atoms with Gasteiger partial charge in [-0.2, -0.15) is 0 Å². The molecule has 4 amide bonds. The number of nitrogens with one attached hydrogen (secondary N) is 2. The molecule has 0 spiro atoms. The number of nitrogens with two attached hydrogens (primary N) is 1. The first-order valence-electron chi connectivity index (χ1n) is 16.3. The molecule has 0 radical (unpaired) electrons. The molecule has 49 heavy (non-hydrogen) atoms. The van der Waals surface area contributed by atoms with E-state index in [0.717, 1.165) is 29.7 Å². The first-order valence-corrected chi connectivity index (χ1v) is 16.3. The summed E-state index contributed by atoms with van der Waals surface area (Å²) in [6, 6.07) is 12.1. The number of methoxy groups -OCH3 is 1. The maximum absolute atomic E-state index is 13.6. The summed E-state index contributed by atoms with van der Waals surface area (Å²) in [6.45, 7) is 6.16. The highest BCUT2D eigenvalue weighted by molar-refractivity contribution is 6.09. The van der Waals surface area contributed by atoms with Crippen molar-refractivity contribution in [1.82, 2.24) is 14.8 Å². The molecule has 1 aromatic heterocycles. The number of amidine groups is 1. The number of aromatic nitrogens is 1. The number of carbonyl (C=O) groups is 4. The summed E-state index contributed by atoms with van der Waals surface area (Å²) in [5, 5.41) is 5.46. The van der Waals surface area contributed by atoms with Gasteiger partial charge in [0, 0.05) is 55.0 Å². The van der Waals surface area contributed by atoms with Crippen molar-refractivity contribution in [1.29, 1.82) is 0 Å². The van der Waals surface area contributed by atoms with E-state index in [-0.39, 0.29) is 36.9 Å². The van der Waals surface area contributed by atoms with Crippen LogP contribution < -0.4 is 21.1 Å². The third-order valence-electron chi connectivity index (χ3n) is 8.21. The lowest BCUT2D eigenvalue weighted by atomic mass is 10.0. The highest BCUT2D eigenvalue weighted by atomic mass is 16.6. The zero-order valence-electron chi connectivity index (χ0n) is 28.0. The van der Waals surface area contributed by atoms with Crippen LogP contribution in [0.3, 0.4) is 0 Å². The van der Waals surface area contributed by atoms with Gasteiger partial charge in [0.15, 0.2) is 0 Å². The number of hydrogen-bond acceptors (Lipinski definition) is 9. The van der Waals surface area contributed by atoms with E-state index in [9.17, 15) is 19.2 Å². The summed E-state index contributed by atoms with van der Waals surface area (Å²) in [4.78, 5) is 63.0. The molecule has 2 aromatic carbocycles. The maximum Gasteiger partial charge on any atom is 0.410 e. The van der Waals surface area contributed by atoms with E-state index in [2.05, 4.69) is 20.6 Å². The van der Waals surface area contributed by atoms with Crippen molar-refractivity contribution in [3.63, 3.8) is 0 Å². The second-order valence-electron chi connectivity index (χ2n) is 11.8. The highest BCUT2D eigenvalue weighted by Gasteiger charge is 2.25. The van der Waals surface area contributed by atoms with Gasteiger partial charge in [-0.15, -0.1) is 0 Å². The Labute approximate surface area is 285 Å². The van der Waals surface area contributed by atoms with Crippen LogP contribution in [-0.4, -0.2) is 71.7 Å². The molecule has 4 N–H and O–H groups in total. The number of pyridine rings is 1. The smallest absolute Gasteiger partial charge is 0.410 e. The zero-order chi connectivity index (χ0) is 34.9. The van der Waals surface area contributed by atoms with Crippen molar-refractivity contribution in [3.8, 4) is 5.75 Å². The lowest BCUT2D eigenvalue weighted by Crippen LogP contribution is -2.36. The van der Waals surface area contributed by atoms with Crippen LogP contribution in [0.1, 0.15) is 65.9 Å². The van der Waals surface area contributed by atoms with Crippen molar-refractivity contribution in [2.24, 2.45) is 10.7 Å². The molecule has 13 nitrogen and oxygen atoms in total. The number of amides is 4. The topological polar surface area (TPSA) is 169 Å². The summed E-state index contributed by atoms with van der Waals surface area (Å²) < 4.78 is 11.1. The van der Waals surface area contributed by atoms with Gasteiger partial charge in [-0.05, 0) is 60.4 Å². The number of ether oxygens (including phenoxy) is 2. The minimum absolute atomic E-state index is 0.0818. The van der Waals surface area contributed by atoms with Gasteiger partial charge in [0.1, 0.15) is 18.2 Å². The van der Waals surface area contributed by atoms with E-state index in [1.807, 2.05) is 18.7 Å². The molecule has 256 valence electrons. The summed E-state index contributed by atoms with van der Waals surface area (Å²) in [5.74, 6) is 0.0536. The van der Waals surface area contributed by atoms with Crippen molar-refractivity contribution in [3.05, 3.63) is 82.2 Å². The number of fused-ring (bicyclic) bond motifs is 2. The zero-order valence-corrected chi connectivity index (χ0v) is 28.0. The van der Waals surface area contributed by atoms with Gasteiger partial charge < -0.3 is 35.6 Å². The van der Waals surface area contributed by atoms with Gasteiger partial charge in [-0.1, -0.05) is 26.0 Å². The molecular weight excluding hydrogens is 626 g/mol. The number of carbonyl (C=O) groups excluding carboxylic acids is 4. The molecule has 0 aliphatic carbocycles. The Hall–Kier alpha value is -5.72. The molecule has 0 fully saturated rings. The second-order valence-corrected chi connectivity index (χ2v) is 11.8. The fourth-order valence-corrected chi connectivity index (χ4v) is 5.82. The Morgan fingerprint density at radius 3 is 2.51 bits per heavy atom. The standard InChI is InChI=1S/C36H41N7O6/c1-4-11-42(12-5-2)35(46)25-14-24-16-32(48-3)29(18-31(24)41-33(37)17-25)34(45)40-28-15-26-20-43(13-10-30(26)38-19-28)36(47)49-21-23-6-8-27(9-7-23)39-22-44/h6-9,14-16,18-19,22H,4-5,10-13,17,20-21H2,1-3H3,(H2,37,41)(H,39,44)(H,40,45). The minimum Gasteiger partial charge on any atom is -0.496 e. The maximum atomic E-state index is 13.6. The number of hydrogen-bond donors (Lipinski definition) is 3. The molecule has 13 heteroatoms. The van der Waals surface area contributed by atoms with Crippen LogP contribution in [0.2, 0.25) is 0 Å². The fraction of sp³-hybridized carbons (Fsp3) is 0.333. The van der Waals surface area contributed by atoms with E-state index in [0.29, 0.717) is 66.4 Å². The van der Waals surface area contributed by atoms with Gasteiger partial charge in [-0.25, -0.2) is 9.79 Å². The average Bonchev–Trinajstić information content (AvgIpc) is 3.27. The number of benzene rings is 2. The lowest BCUT2D eigenvalue weighted by molar-refractivity contribution is -0.127. The summed E-state index contributed by atoms with van der Waals surface area (Å²) >= 11 is 0. The van der Waals surface area contributed by atoms with Crippen molar-refractivity contribution < 1.29 is 28.7 Å². The Morgan fingerprint density at radius 2 is 1.82 bits per heavy atom. The summed E-state index contributed by atoms with van der Waals surface area (Å²) in [6.07, 6.45) is 5.91. The second kappa shape index (κ2) is 15.9. The molecule has 5 rings (SSSR count). The molecule has 0 saturated heterocycles. The Kier molecular flexibility index (Phi) is 11.2. The summed E-state index contributed by atoms with van der Waals surface area (Å²) in [5.41, 5.74) is 11.6. The van der Waals surface area contributed by atoms with Crippen LogP contribution in [0.25, 0.3) is 6.08 Å². The first kappa shape index (κ1) is 34.6. The normalized spacial score (nSPS) is 13.5. The lowest BCUT2D eigenvalue weighted by Gasteiger charge is -2.28. The van der Waals surface area contributed by atoms with E-state index < -0.39 is 12.0 Å². The van der Waals surface area contributed by atoms with E-state index in [4.69, 9.17) is 15.2 Å². The average molecular weight is 668 g/mol. The highest BCUT2D eigenvalue weighted by Crippen LogP contribution is 2.34. The predicted molar refractivity (Wildman–Crippen MR) is 187 cm³/mol. The number of anilines is 2. The molecule has 0 bridgehead atoms. The fourth-order valence-electron chi connectivity index (χ4n) is 5.82. The monoisotopic (exact) mass is 667 g/mol. The van der Waals surface area contributed by atoms with Crippen molar-refractivity contribution in [2.75, 3.05) is 37.4 Å². The van der Waals surface area contributed by atoms with Gasteiger partial charge >= 0.3 is 6.09 Å². The quantitative estimate of drug-likeness (QED) is 0.226. The van der Waals surface area contributed by atoms with Crippen molar-refractivity contribution >= 4 is 53.3 Å². The van der Waals surface area contributed by atoms with Crippen LogP contribution in [0.15, 0.2) is 59.2 Å². The molecule has 3 aromatic rings. The molecule has 0 saturated carbocycles. The van der Waals surface area contributed by atoms with Crippen LogP contribution in [-0.2, 0) is 33.9 Å². The third kappa shape index (κ3) is 8.42. The third-order valence-corrected chi connectivity index (χ3v) is 8.21. The Balaban J connectivity index is 1.29. The van der Waals surface area contributed by atoms with Gasteiger partial charge in [0.2, 0.25) is 12.3 Å². The first-order chi connectivity index (χ1) is 23.7. The van der Waals surface area contributed by atoms with Gasteiger partial charge in [0.05, 0.1) is 36.8 Å². The van der Waals surface area contributed by atoms with Crippen molar-refractivity contribution in [2.45, 2.75) is 52.7 Å². The predicted octanol–water partition coefficient (Wildman–Crippen LogP) is 5.03. The molecule has 2 aliphatic heterocycles. The number of rotatable bonds is 12. The van der Waals surface area contributed by atoms with Crippen LogP contribution in [0, 0.1) is 0 Å².